The van der Waals surface area contributed by atoms with Gasteiger partial charge in [0.1, 0.15) is 11.8 Å². The number of carbonyl (C=O) groups is 1. The number of nitrogens with zero attached hydrogens (tertiary/aromatic N) is 1. The Bertz CT molecular complexity index is 895. The van der Waals surface area contributed by atoms with E-state index in [0.717, 1.165) is 57.8 Å². The molecule has 0 aromatic rings. The molecule has 2 aliphatic rings. The van der Waals surface area contributed by atoms with Gasteiger partial charge in [-0.1, -0.05) is 56.2 Å². The molecule has 2 aliphatic carbocycles. The van der Waals surface area contributed by atoms with Crippen LogP contribution in [0, 0.1) is 17.2 Å². The van der Waals surface area contributed by atoms with Crippen LogP contribution in [0.1, 0.15) is 85.5 Å². The number of hydrogen-bond acceptors (Lipinski definition) is 3. The van der Waals surface area contributed by atoms with E-state index in [1.165, 1.54) is 28.4 Å². The second kappa shape index (κ2) is 12.8. The zero-order valence-corrected chi connectivity index (χ0v) is 21.5. The molecule has 0 aromatic carbocycles. The first-order valence-corrected chi connectivity index (χ1v) is 12.5. The average molecular weight is 471 g/mol. The first-order valence-electron chi connectivity index (χ1n) is 12.2. The van der Waals surface area contributed by atoms with Crippen molar-refractivity contribution in [2.75, 3.05) is 0 Å². The van der Waals surface area contributed by atoms with Crippen molar-refractivity contribution < 1.29 is 9.53 Å². The number of rotatable bonds is 10. The minimum absolute atomic E-state index is 0.0227. The topological polar surface area (TPSA) is 62.1 Å². The number of ether oxygens (including phenoxy) is 1. The molecule has 4 nitrogen and oxygen atoms in total. The summed E-state index contributed by atoms with van der Waals surface area (Å²) in [5.41, 5.74) is 6.09. The molecule has 1 N–H and O–H groups in total. The minimum atomic E-state index is -0.0227. The number of amides is 1. The van der Waals surface area contributed by atoms with Crippen molar-refractivity contribution in [3.63, 3.8) is 0 Å². The maximum atomic E-state index is 12.9. The van der Waals surface area contributed by atoms with Gasteiger partial charge in [0.25, 0.3) is 0 Å². The van der Waals surface area contributed by atoms with Gasteiger partial charge in [0.15, 0.2) is 0 Å². The summed E-state index contributed by atoms with van der Waals surface area (Å²) in [5.74, 6) is 0.558. The monoisotopic (exact) mass is 470 g/mol. The molecule has 1 fully saturated rings. The van der Waals surface area contributed by atoms with E-state index in [9.17, 15) is 4.79 Å². The fourth-order valence-electron chi connectivity index (χ4n) is 4.78. The Morgan fingerprint density at radius 2 is 1.94 bits per heavy atom. The first kappa shape index (κ1) is 27.0. The van der Waals surface area contributed by atoms with Gasteiger partial charge < -0.3 is 10.1 Å². The largest absolute Gasteiger partial charge is 0.491 e. The molecule has 1 saturated carbocycles. The third-order valence-corrected chi connectivity index (χ3v) is 7.19. The van der Waals surface area contributed by atoms with Gasteiger partial charge in [-0.05, 0) is 82.4 Å². The average Bonchev–Trinajstić information content (AvgIpc) is 2.79. The maximum Gasteiger partial charge on any atom is 0.223 e. The molecular weight excluding hydrogens is 432 g/mol. The summed E-state index contributed by atoms with van der Waals surface area (Å²) in [7, 11) is 0. The maximum absolute atomic E-state index is 12.9. The van der Waals surface area contributed by atoms with E-state index in [0.29, 0.717) is 5.76 Å². The van der Waals surface area contributed by atoms with E-state index >= 15 is 0 Å². The molecule has 0 saturated heterocycles. The van der Waals surface area contributed by atoms with E-state index < -0.39 is 0 Å². The highest BCUT2D eigenvalue weighted by Crippen LogP contribution is 2.35. The Labute approximate surface area is 205 Å². The Hall–Kier alpha value is -2.25. The second-order valence-electron chi connectivity index (χ2n) is 9.49. The highest BCUT2D eigenvalue weighted by Gasteiger charge is 2.26. The van der Waals surface area contributed by atoms with E-state index in [2.05, 4.69) is 39.2 Å². The molecular formula is C28H39ClN2O2. The predicted molar refractivity (Wildman–Crippen MR) is 136 cm³/mol. The number of nitriles is 1. The van der Waals surface area contributed by atoms with Crippen LogP contribution in [0.3, 0.4) is 0 Å². The summed E-state index contributed by atoms with van der Waals surface area (Å²) in [5, 5.41) is 12.4. The lowest BCUT2D eigenvalue weighted by molar-refractivity contribution is -0.125. The summed E-state index contributed by atoms with van der Waals surface area (Å²) in [6, 6.07) is 2.09. The molecule has 0 heterocycles. The van der Waals surface area contributed by atoms with Gasteiger partial charge in [0, 0.05) is 12.0 Å². The Morgan fingerprint density at radius 1 is 1.27 bits per heavy atom. The molecule has 5 heteroatoms. The van der Waals surface area contributed by atoms with Crippen LogP contribution in [0.15, 0.2) is 57.9 Å². The number of carbonyl (C=O) groups excluding carboxylic acids is 1. The Kier molecular flexibility index (Phi) is 10.5. The van der Waals surface area contributed by atoms with Crippen molar-refractivity contribution >= 4 is 17.5 Å². The van der Waals surface area contributed by atoms with Crippen LogP contribution in [0.2, 0.25) is 0 Å². The van der Waals surface area contributed by atoms with Crippen LogP contribution >= 0.6 is 11.6 Å². The lowest BCUT2D eigenvalue weighted by Gasteiger charge is -2.31. The summed E-state index contributed by atoms with van der Waals surface area (Å²) in [6.45, 7) is 16.2. The summed E-state index contributed by atoms with van der Waals surface area (Å²) in [6.07, 6.45) is 10.4. The Morgan fingerprint density at radius 3 is 2.55 bits per heavy atom. The fourth-order valence-corrected chi connectivity index (χ4v) is 4.94. The first-order chi connectivity index (χ1) is 15.7. The molecule has 1 unspecified atom stereocenters. The van der Waals surface area contributed by atoms with Gasteiger partial charge in [-0.3, -0.25) is 4.79 Å². The van der Waals surface area contributed by atoms with Crippen LogP contribution in [0.4, 0.5) is 0 Å². The molecule has 0 bridgehead atoms. The molecule has 0 aromatic heterocycles. The van der Waals surface area contributed by atoms with E-state index in [1.54, 1.807) is 0 Å². The van der Waals surface area contributed by atoms with Crippen molar-refractivity contribution in [2.45, 2.75) is 97.6 Å². The van der Waals surface area contributed by atoms with E-state index in [-0.39, 0.29) is 34.6 Å². The SMILES string of the molecule is C=C(/C=C(/Cl)C(=C)C#N)OC1CCC(NC(=O)C(C)CC2=C(C)C(CCC)=C(C)CC2)CC1. The third kappa shape index (κ3) is 7.93. The molecule has 2 rings (SSSR count). The van der Waals surface area contributed by atoms with Crippen LogP contribution in [0.25, 0.3) is 0 Å². The van der Waals surface area contributed by atoms with E-state index in [4.69, 9.17) is 21.6 Å². The summed E-state index contributed by atoms with van der Waals surface area (Å²) < 4.78 is 5.88. The highest BCUT2D eigenvalue weighted by molar-refractivity contribution is 6.32. The molecule has 0 spiro atoms. The number of nitrogens with one attached hydrogen (secondary N) is 1. The minimum Gasteiger partial charge on any atom is -0.491 e. The molecule has 0 radical (unpaired) electrons. The molecule has 1 amide bonds. The molecule has 180 valence electrons. The van der Waals surface area contributed by atoms with Gasteiger partial charge >= 0.3 is 0 Å². The zero-order chi connectivity index (χ0) is 24.5. The quantitative estimate of drug-likeness (QED) is 0.205. The van der Waals surface area contributed by atoms with Gasteiger partial charge in [-0.15, -0.1) is 0 Å². The lowest BCUT2D eigenvalue weighted by Crippen LogP contribution is -2.41. The van der Waals surface area contributed by atoms with Crippen molar-refractivity contribution in [3.8, 4) is 6.07 Å². The third-order valence-electron chi connectivity index (χ3n) is 6.85. The summed E-state index contributed by atoms with van der Waals surface area (Å²) in [4.78, 5) is 12.9. The van der Waals surface area contributed by atoms with Gasteiger partial charge in [0.2, 0.25) is 5.91 Å². The number of halogens is 1. The second-order valence-corrected chi connectivity index (χ2v) is 9.90. The van der Waals surface area contributed by atoms with Crippen LogP contribution in [-0.2, 0) is 9.53 Å². The van der Waals surface area contributed by atoms with Gasteiger partial charge in [0.05, 0.1) is 16.7 Å². The fraction of sp³-hybridized carbons (Fsp3) is 0.571. The molecule has 33 heavy (non-hydrogen) atoms. The van der Waals surface area contributed by atoms with Crippen molar-refractivity contribution in [1.82, 2.24) is 5.32 Å². The Balaban J connectivity index is 1.82. The molecule has 0 aliphatic heterocycles. The van der Waals surface area contributed by atoms with Crippen molar-refractivity contribution in [2.24, 2.45) is 5.92 Å². The number of allylic oxidation sites excluding steroid dienone is 7. The predicted octanol–water partition coefficient (Wildman–Crippen LogP) is 7.40. The standard InChI is InChI=1S/C28H39ClN2O2/c1-7-8-26-18(2)9-10-23(22(26)6)15-19(3)28(32)31-24-11-13-25(14-12-24)33-21(5)16-27(29)20(4)17-30/h16,19,24-25H,4-5,7-15H2,1-3,6H3,(H,31,32)/b27-16+. The van der Waals surface area contributed by atoms with E-state index in [1.807, 2.05) is 13.0 Å². The van der Waals surface area contributed by atoms with Crippen molar-refractivity contribution in [3.05, 3.63) is 57.9 Å². The smallest absolute Gasteiger partial charge is 0.223 e. The van der Waals surface area contributed by atoms with Crippen LogP contribution in [0.5, 0.6) is 0 Å². The number of hydrogen-bond donors (Lipinski definition) is 1. The van der Waals surface area contributed by atoms with Crippen LogP contribution < -0.4 is 5.32 Å². The lowest BCUT2D eigenvalue weighted by atomic mass is 9.81. The van der Waals surface area contributed by atoms with Crippen LogP contribution in [-0.4, -0.2) is 18.1 Å². The normalized spacial score (nSPS) is 22.5. The molecule has 1 atom stereocenters. The van der Waals surface area contributed by atoms with Gasteiger partial charge in [-0.2, -0.15) is 5.26 Å². The highest BCUT2D eigenvalue weighted by atomic mass is 35.5. The van der Waals surface area contributed by atoms with Crippen molar-refractivity contribution in [1.29, 1.82) is 5.26 Å². The summed E-state index contributed by atoms with van der Waals surface area (Å²) >= 11 is 6.01. The van der Waals surface area contributed by atoms with Gasteiger partial charge in [-0.25, -0.2) is 0 Å². The zero-order valence-electron chi connectivity index (χ0n) is 20.7.